The molecule has 0 rings (SSSR count). The second-order valence-corrected chi connectivity index (χ2v) is 2.02. The summed E-state index contributed by atoms with van der Waals surface area (Å²) in [7, 11) is 0.742. The van der Waals surface area contributed by atoms with Crippen LogP contribution in [0, 0.1) is 0 Å². The molecule has 0 aliphatic carbocycles. The molecule has 0 atom stereocenters. The minimum absolute atomic E-state index is 0.204. The number of carbonyl (C=O) groups excluding carboxylic acids is 1. The van der Waals surface area contributed by atoms with Crippen molar-refractivity contribution in [2.24, 2.45) is 0 Å². The van der Waals surface area contributed by atoms with Gasteiger partial charge in [0, 0.05) is 13.0 Å². The Morgan fingerprint density at radius 3 is 2.57 bits per heavy atom. The average molecular weight is 118 g/mol. The van der Waals surface area contributed by atoms with E-state index in [4.69, 9.17) is 4.43 Å². The molecule has 0 N–H and O–H groups in total. The predicted octanol–water partition coefficient (Wildman–Crippen LogP) is -0.738. The van der Waals surface area contributed by atoms with Gasteiger partial charge in [0.25, 0.3) is 0 Å². The highest BCUT2D eigenvalue weighted by atomic mass is 28.2. The number of ketones is 1. The van der Waals surface area contributed by atoms with Crippen LogP contribution in [0.5, 0.6) is 0 Å². The molecule has 0 saturated carbocycles. The molecule has 0 unspecified atom stereocenters. The van der Waals surface area contributed by atoms with Crippen molar-refractivity contribution in [3.05, 3.63) is 0 Å². The summed E-state index contributed by atoms with van der Waals surface area (Å²) in [5, 5.41) is 0. The van der Waals surface area contributed by atoms with Crippen molar-refractivity contribution < 1.29 is 9.22 Å². The Morgan fingerprint density at radius 2 is 2.43 bits per heavy atom. The van der Waals surface area contributed by atoms with Crippen molar-refractivity contribution >= 4 is 16.3 Å². The van der Waals surface area contributed by atoms with Crippen molar-refractivity contribution in [2.45, 2.75) is 13.3 Å². The summed E-state index contributed by atoms with van der Waals surface area (Å²) < 4.78 is 4.77. The third-order valence-electron chi connectivity index (χ3n) is 0.658. The fourth-order valence-corrected chi connectivity index (χ4v) is 0.450. The van der Waals surface area contributed by atoms with Crippen molar-refractivity contribution in [1.82, 2.24) is 0 Å². The normalized spacial score (nSPS) is 9.29. The van der Waals surface area contributed by atoms with E-state index in [1.807, 2.05) is 0 Å². The van der Waals surface area contributed by atoms with Crippen molar-refractivity contribution in [2.75, 3.05) is 6.61 Å². The molecule has 0 amide bonds. The van der Waals surface area contributed by atoms with E-state index in [0.29, 0.717) is 13.0 Å². The molecule has 0 heterocycles. The Morgan fingerprint density at radius 1 is 1.86 bits per heavy atom. The molecule has 0 aliphatic rings. The van der Waals surface area contributed by atoms with E-state index in [1.165, 1.54) is 0 Å². The van der Waals surface area contributed by atoms with E-state index in [0.717, 1.165) is 10.5 Å². The lowest BCUT2D eigenvalue weighted by atomic mass is 10.3. The first-order chi connectivity index (χ1) is 3.27. The molecule has 0 radical (unpaired) electrons. The molecule has 0 aromatic carbocycles. The molecule has 2 nitrogen and oxygen atoms in total. The number of Topliss-reactive ketones (excluding diaryl/α,β-unsaturated/α-hetero) is 1. The fraction of sp³-hybridized carbons (Fsp3) is 0.750. The van der Waals surface area contributed by atoms with Crippen molar-refractivity contribution in [3.8, 4) is 0 Å². The summed E-state index contributed by atoms with van der Waals surface area (Å²) in [4.78, 5) is 10.1. The van der Waals surface area contributed by atoms with Crippen molar-refractivity contribution in [1.29, 1.82) is 0 Å². The fourth-order valence-electron chi connectivity index (χ4n) is 0.246. The highest BCUT2D eigenvalue weighted by molar-refractivity contribution is 5.98. The molecule has 0 spiro atoms. The van der Waals surface area contributed by atoms with Crippen LogP contribution in [0.4, 0.5) is 0 Å². The molecule has 0 aromatic heterocycles. The first kappa shape index (κ1) is 6.85. The maximum absolute atomic E-state index is 10.1. The minimum Gasteiger partial charge on any atom is -0.427 e. The molecule has 3 heteroatoms. The Balaban J connectivity index is 2.82. The second-order valence-electron chi connectivity index (χ2n) is 1.44. The lowest BCUT2D eigenvalue weighted by Crippen LogP contribution is -1.96. The summed E-state index contributed by atoms with van der Waals surface area (Å²) in [6, 6.07) is 0. The SMILES string of the molecule is CC(=O)CCO[SiH3]. The third kappa shape index (κ3) is 5.85. The van der Waals surface area contributed by atoms with Gasteiger partial charge in [0.05, 0.1) is 0 Å². The van der Waals surface area contributed by atoms with E-state index in [9.17, 15) is 4.79 Å². The van der Waals surface area contributed by atoms with Gasteiger partial charge >= 0.3 is 0 Å². The second kappa shape index (κ2) is 4.02. The zero-order valence-electron chi connectivity index (χ0n) is 4.73. The van der Waals surface area contributed by atoms with E-state index in [2.05, 4.69) is 0 Å². The molecular formula is C4H10O2Si. The van der Waals surface area contributed by atoms with Crippen LogP contribution in [0.2, 0.25) is 0 Å². The summed E-state index contributed by atoms with van der Waals surface area (Å²) in [6.45, 7) is 2.18. The van der Waals surface area contributed by atoms with E-state index < -0.39 is 0 Å². The Labute approximate surface area is 46.4 Å². The molecule has 0 fully saturated rings. The van der Waals surface area contributed by atoms with Crippen LogP contribution in [0.1, 0.15) is 13.3 Å². The number of hydrogen-bond acceptors (Lipinski definition) is 2. The quantitative estimate of drug-likeness (QED) is 0.456. The third-order valence-corrected chi connectivity index (χ3v) is 1.07. The van der Waals surface area contributed by atoms with Gasteiger partial charge in [-0.15, -0.1) is 0 Å². The average Bonchev–Trinajstić information content (AvgIpc) is 1.61. The standard InChI is InChI=1S/C4H10O2Si/c1-4(5)2-3-6-7/h2-3H2,1,7H3. The van der Waals surface area contributed by atoms with Gasteiger partial charge in [-0.3, -0.25) is 4.79 Å². The van der Waals surface area contributed by atoms with E-state index >= 15 is 0 Å². The highest BCUT2D eigenvalue weighted by Gasteiger charge is 1.87. The maximum Gasteiger partial charge on any atom is 0.145 e. The zero-order chi connectivity index (χ0) is 5.70. The predicted molar refractivity (Wildman–Crippen MR) is 31.2 cm³/mol. The van der Waals surface area contributed by atoms with Gasteiger partial charge in [0.1, 0.15) is 16.3 Å². The number of carbonyl (C=O) groups is 1. The Kier molecular flexibility index (Phi) is 3.93. The van der Waals surface area contributed by atoms with Crippen LogP contribution >= 0.6 is 0 Å². The largest absolute Gasteiger partial charge is 0.427 e. The highest BCUT2D eigenvalue weighted by Crippen LogP contribution is 1.78. The Hall–Kier alpha value is -0.153. The van der Waals surface area contributed by atoms with Crippen molar-refractivity contribution in [3.63, 3.8) is 0 Å². The number of hydrogen-bond donors (Lipinski definition) is 0. The summed E-state index contributed by atoms with van der Waals surface area (Å²) >= 11 is 0. The summed E-state index contributed by atoms with van der Waals surface area (Å²) in [6.07, 6.45) is 0.573. The van der Waals surface area contributed by atoms with Gasteiger partial charge in [-0.2, -0.15) is 0 Å². The molecule has 7 heavy (non-hydrogen) atoms. The van der Waals surface area contributed by atoms with Crippen LogP contribution < -0.4 is 0 Å². The summed E-state index contributed by atoms with van der Waals surface area (Å²) in [5.41, 5.74) is 0. The molecular weight excluding hydrogens is 108 g/mol. The van der Waals surface area contributed by atoms with Gasteiger partial charge < -0.3 is 4.43 Å². The first-order valence-electron chi connectivity index (χ1n) is 2.25. The number of rotatable bonds is 3. The lowest BCUT2D eigenvalue weighted by molar-refractivity contribution is -0.117. The van der Waals surface area contributed by atoms with Crippen LogP contribution in [0.3, 0.4) is 0 Å². The maximum atomic E-state index is 10.1. The smallest absolute Gasteiger partial charge is 0.145 e. The van der Waals surface area contributed by atoms with Crippen LogP contribution in [0.25, 0.3) is 0 Å². The van der Waals surface area contributed by atoms with Crippen LogP contribution in [-0.2, 0) is 9.22 Å². The summed E-state index contributed by atoms with van der Waals surface area (Å²) in [5.74, 6) is 0.204. The molecule has 0 aliphatic heterocycles. The lowest BCUT2D eigenvalue weighted by Gasteiger charge is -1.90. The van der Waals surface area contributed by atoms with Gasteiger partial charge in [0.2, 0.25) is 0 Å². The topological polar surface area (TPSA) is 26.3 Å². The van der Waals surface area contributed by atoms with Crippen LogP contribution in [-0.4, -0.2) is 22.9 Å². The molecule has 0 saturated heterocycles. The molecule has 0 aromatic rings. The van der Waals surface area contributed by atoms with Gasteiger partial charge in [0.15, 0.2) is 0 Å². The molecule has 0 bridgehead atoms. The molecule has 42 valence electrons. The minimum atomic E-state index is 0.204. The van der Waals surface area contributed by atoms with E-state index in [-0.39, 0.29) is 5.78 Å². The first-order valence-corrected chi connectivity index (χ1v) is 3.07. The van der Waals surface area contributed by atoms with Gasteiger partial charge in [-0.1, -0.05) is 0 Å². The van der Waals surface area contributed by atoms with Gasteiger partial charge in [-0.05, 0) is 6.92 Å². The Bertz CT molecular complexity index is 62.7. The monoisotopic (exact) mass is 118 g/mol. The van der Waals surface area contributed by atoms with E-state index in [1.54, 1.807) is 6.92 Å². The zero-order valence-corrected chi connectivity index (χ0v) is 6.73. The van der Waals surface area contributed by atoms with Gasteiger partial charge in [-0.25, -0.2) is 0 Å². The van der Waals surface area contributed by atoms with Crippen LogP contribution in [0.15, 0.2) is 0 Å².